The second-order valence-electron chi connectivity index (χ2n) is 6.68. The predicted molar refractivity (Wildman–Crippen MR) is 93.3 cm³/mol. The summed E-state index contributed by atoms with van der Waals surface area (Å²) in [5, 5.41) is 8.91. The minimum atomic E-state index is -3.68. The van der Waals surface area contributed by atoms with E-state index < -0.39 is 28.6 Å². The van der Waals surface area contributed by atoms with E-state index >= 15 is 0 Å². The Kier molecular flexibility index (Phi) is 5.31. The Morgan fingerprint density at radius 2 is 2.08 bits per heavy atom. The fourth-order valence-electron chi connectivity index (χ4n) is 3.42. The maximum Gasteiger partial charge on any atom is 0.318 e. The van der Waals surface area contributed by atoms with Crippen LogP contribution in [0, 0.1) is 0 Å². The van der Waals surface area contributed by atoms with Crippen LogP contribution < -0.4 is 0 Å². The van der Waals surface area contributed by atoms with Gasteiger partial charge in [0.25, 0.3) is 0 Å². The molecule has 2 aliphatic rings. The van der Waals surface area contributed by atoms with Crippen molar-refractivity contribution in [3.8, 4) is 0 Å². The average molecular weight is 382 g/mol. The van der Waals surface area contributed by atoms with Gasteiger partial charge in [0.1, 0.15) is 6.54 Å². The molecule has 0 spiro atoms. The van der Waals surface area contributed by atoms with Gasteiger partial charge in [0.15, 0.2) is 0 Å². The van der Waals surface area contributed by atoms with Gasteiger partial charge in [-0.25, -0.2) is 8.42 Å². The Morgan fingerprint density at radius 3 is 2.73 bits per heavy atom. The minimum Gasteiger partial charge on any atom is -0.480 e. The summed E-state index contributed by atoms with van der Waals surface area (Å²) in [7, 11) is -3.68. The number of benzene rings is 1. The van der Waals surface area contributed by atoms with Crippen LogP contribution in [-0.2, 0) is 30.8 Å². The number of ether oxygens (including phenoxy) is 1. The van der Waals surface area contributed by atoms with Crippen LogP contribution in [0.4, 0.5) is 0 Å². The molecule has 142 valence electrons. The van der Waals surface area contributed by atoms with E-state index in [9.17, 15) is 18.0 Å². The standard InChI is InChI=1S/C17H22N2O6S/c1-26(23,24)19(11-16(20)21)10-13-9-18(6-7-25-13)17(22)15-8-12-4-2-3-5-14(12)15/h2-5,13,15H,6-11H2,1H3,(H,20,21). The molecular weight excluding hydrogens is 360 g/mol. The van der Waals surface area contributed by atoms with Gasteiger partial charge in [-0.3, -0.25) is 9.59 Å². The predicted octanol–water partition coefficient (Wildman–Crippen LogP) is -0.100. The van der Waals surface area contributed by atoms with Crippen molar-refractivity contribution in [1.29, 1.82) is 0 Å². The molecule has 0 aromatic heterocycles. The first-order valence-corrected chi connectivity index (χ1v) is 10.3. The number of hydrogen-bond donors (Lipinski definition) is 1. The third kappa shape index (κ3) is 4.05. The summed E-state index contributed by atoms with van der Waals surface area (Å²) in [5.41, 5.74) is 2.23. The van der Waals surface area contributed by atoms with Crippen LogP contribution in [0.5, 0.6) is 0 Å². The Labute approximate surface area is 152 Å². The van der Waals surface area contributed by atoms with Gasteiger partial charge in [-0.2, -0.15) is 4.31 Å². The highest BCUT2D eigenvalue weighted by Crippen LogP contribution is 2.36. The van der Waals surface area contributed by atoms with Crippen molar-refractivity contribution >= 4 is 21.9 Å². The van der Waals surface area contributed by atoms with Crippen molar-refractivity contribution < 1.29 is 27.9 Å². The van der Waals surface area contributed by atoms with E-state index in [-0.39, 0.29) is 24.9 Å². The van der Waals surface area contributed by atoms with Gasteiger partial charge in [0.05, 0.1) is 24.9 Å². The second-order valence-corrected chi connectivity index (χ2v) is 8.66. The molecule has 0 saturated carbocycles. The highest BCUT2D eigenvalue weighted by Gasteiger charge is 2.37. The van der Waals surface area contributed by atoms with E-state index in [1.165, 1.54) is 5.56 Å². The first-order chi connectivity index (χ1) is 12.3. The van der Waals surface area contributed by atoms with Crippen molar-refractivity contribution in [1.82, 2.24) is 9.21 Å². The number of hydrogen-bond acceptors (Lipinski definition) is 5. The molecule has 26 heavy (non-hydrogen) atoms. The lowest BCUT2D eigenvalue weighted by Gasteiger charge is -2.39. The fraction of sp³-hybridized carbons (Fsp3) is 0.529. The fourth-order valence-corrected chi connectivity index (χ4v) is 4.21. The van der Waals surface area contributed by atoms with E-state index in [2.05, 4.69) is 0 Å². The van der Waals surface area contributed by atoms with Gasteiger partial charge in [0.2, 0.25) is 15.9 Å². The summed E-state index contributed by atoms with van der Waals surface area (Å²) in [5.74, 6) is -1.37. The van der Waals surface area contributed by atoms with Gasteiger partial charge in [-0.1, -0.05) is 24.3 Å². The van der Waals surface area contributed by atoms with Crippen LogP contribution in [-0.4, -0.2) is 79.8 Å². The van der Waals surface area contributed by atoms with E-state index in [1.54, 1.807) is 4.90 Å². The summed E-state index contributed by atoms with van der Waals surface area (Å²) < 4.78 is 30.0. The number of morpholine rings is 1. The third-order valence-electron chi connectivity index (χ3n) is 4.79. The molecule has 1 heterocycles. The Bertz CT molecular complexity index is 809. The summed E-state index contributed by atoms with van der Waals surface area (Å²) in [6.45, 7) is 0.295. The number of carboxylic acids is 1. The normalized spacial score (nSPS) is 22.6. The Morgan fingerprint density at radius 1 is 1.35 bits per heavy atom. The lowest BCUT2D eigenvalue weighted by molar-refractivity contribution is -0.142. The van der Waals surface area contributed by atoms with Gasteiger partial charge in [-0.15, -0.1) is 0 Å². The molecule has 1 fully saturated rings. The largest absolute Gasteiger partial charge is 0.480 e. The second kappa shape index (κ2) is 7.34. The number of sulfonamides is 1. The number of rotatable bonds is 6. The molecule has 9 heteroatoms. The summed E-state index contributed by atoms with van der Waals surface area (Å²) >= 11 is 0. The highest BCUT2D eigenvalue weighted by atomic mass is 32.2. The SMILES string of the molecule is CS(=O)(=O)N(CC(=O)O)CC1CN(C(=O)C2Cc3ccccc32)CCO1. The molecule has 0 radical (unpaired) electrons. The van der Waals surface area contributed by atoms with Gasteiger partial charge < -0.3 is 14.7 Å². The highest BCUT2D eigenvalue weighted by molar-refractivity contribution is 7.88. The third-order valence-corrected chi connectivity index (χ3v) is 6.01. The molecule has 1 saturated heterocycles. The molecule has 1 N–H and O–H groups in total. The van der Waals surface area contributed by atoms with Crippen molar-refractivity contribution in [3.05, 3.63) is 35.4 Å². The van der Waals surface area contributed by atoms with Crippen molar-refractivity contribution in [2.45, 2.75) is 18.4 Å². The molecule has 1 aromatic carbocycles. The zero-order chi connectivity index (χ0) is 18.9. The van der Waals surface area contributed by atoms with Crippen LogP contribution in [0.25, 0.3) is 0 Å². The number of fused-ring (bicyclic) bond motifs is 1. The summed E-state index contributed by atoms with van der Waals surface area (Å²) in [4.78, 5) is 25.4. The topological polar surface area (TPSA) is 104 Å². The number of carbonyl (C=O) groups excluding carboxylic acids is 1. The molecule has 2 unspecified atom stereocenters. The van der Waals surface area contributed by atoms with Crippen molar-refractivity contribution in [2.75, 3.05) is 39.0 Å². The zero-order valence-corrected chi connectivity index (χ0v) is 15.3. The van der Waals surface area contributed by atoms with E-state index in [0.29, 0.717) is 19.6 Å². The van der Waals surface area contributed by atoms with E-state index in [0.717, 1.165) is 16.1 Å². The molecular formula is C17H22N2O6S. The molecule has 1 amide bonds. The van der Waals surface area contributed by atoms with E-state index in [4.69, 9.17) is 9.84 Å². The van der Waals surface area contributed by atoms with Crippen LogP contribution in [0.1, 0.15) is 17.0 Å². The number of carbonyl (C=O) groups is 2. The van der Waals surface area contributed by atoms with E-state index in [1.807, 2.05) is 24.3 Å². The van der Waals surface area contributed by atoms with Crippen LogP contribution >= 0.6 is 0 Å². The number of aliphatic carboxylic acids is 1. The molecule has 1 aliphatic carbocycles. The molecule has 1 aliphatic heterocycles. The first-order valence-electron chi connectivity index (χ1n) is 8.41. The lowest BCUT2D eigenvalue weighted by atomic mass is 9.77. The summed E-state index contributed by atoms with van der Waals surface area (Å²) in [6, 6.07) is 7.83. The number of amides is 1. The van der Waals surface area contributed by atoms with Crippen molar-refractivity contribution in [3.63, 3.8) is 0 Å². The molecule has 3 rings (SSSR count). The van der Waals surface area contributed by atoms with Gasteiger partial charge in [-0.05, 0) is 17.5 Å². The molecule has 8 nitrogen and oxygen atoms in total. The Hall–Kier alpha value is -1.97. The maximum absolute atomic E-state index is 12.8. The van der Waals surface area contributed by atoms with Crippen LogP contribution in [0.3, 0.4) is 0 Å². The lowest BCUT2D eigenvalue weighted by Crippen LogP contribution is -2.52. The quantitative estimate of drug-likeness (QED) is 0.737. The number of carboxylic acid groups (broad SMARTS) is 1. The smallest absolute Gasteiger partial charge is 0.318 e. The Balaban J connectivity index is 1.64. The molecule has 2 atom stereocenters. The molecule has 0 bridgehead atoms. The summed E-state index contributed by atoms with van der Waals surface area (Å²) in [6.07, 6.45) is 1.13. The van der Waals surface area contributed by atoms with Gasteiger partial charge in [0, 0.05) is 19.6 Å². The monoisotopic (exact) mass is 382 g/mol. The molecule has 1 aromatic rings. The number of nitrogens with zero attached hydrogens (tertiary/aromatic N) is 2. The maximum atomic E-state index is 12.8. The van der Waals surface area contributed by atoms with Crippen LogP contribution in [0.2, 0.25) is 0 Å². The van der Waals surface area contributed by atoms with Gasteiger partial charge >= 0.3 is 5.97 Å². The average Bonchev–Trinajstić information content (AvgIpc) is 2.54. The minimum absolute atomic E-state index is 0.0149. The zero-order valence-electron chi connectivity index (χ0n) is 14.5. The van der Waals surface area contributed by atoms with Crippen molar-refractivity contribution in [2.24, 2.45) is 0 Å². The first kappa shape index (κ1) is 18.8. The van der Waals surface area contributed by atoms with Crippen LogP contribution in [0.15, 0.2) is 24.3 Å².